The van der Waals surface area contributed by atoms with E-state index < -0.39 is 29.7 Å². The number of hydrogen-bond donors (Lipinski definition) is 5. The highest BCUT2D eigenvalue weighted by Gasteiger charge is 2.45. The van der Waals surface area contributed by atoms with Crippen LogP contribution in [-0.4, -0.2) is 148 Å². The minimum Gasteiger partial charge on any atom is -0.378 e. The number of benzene rings is 1. The van der Waals surface area contributed by atoms with Gasteiger partial charge >= 0.3 is 0 Å². The third kappa shape index (κ3) is 10.1. The van der Waals surface area contributed by atoms with E-state index in [0.717, 1.165) is 79.4 Å². The van der Waals surface area contributed by atoms with E-state index >= 15 is 0 Å². The number of likely N-dealkylation sites (tertiary alicyclic amines) is 1. The van der Waals surface area contributed by atoms with Crippen molar-refractivity contribution < 1.29 is 38.2 Å². The molecule has 8 rings (SSSR count). The van der Waals surface area contributed by atoms with E-state index in [4.69, 9.17) is 9.47 Å². The first-order valence-electron chi connectivity index (χ1n) is 21.5. The van der Waals surface area contributed by atoms with Crippen molar-refractivity contribution in [3.63, 3.8) is 0 Å². The zero-order chi connectivity index (χ0) is 43.9. The fourth-order valence-corrected chi connectivity index (χ4v) is 8.44. The van der Waals surface area contributed by atoms with Crippen LogP contribution in [0.4, 0.5) is 11.5 Å². The van der Waals surface area contributed by atoms with E-state index in [1.807, 2.05) is 25.4 Å². The number of carbonyl (C=O) groups is 6. The summed E-state index contributed by atoms with van der Waals surface area (Å²) in [5.74, 6) is -1.63. The minimum atomic E-state index is -1.07. The second-order valence-electron chi connectivity index (χ2n) is 16.3. The van der Waals surface area contributed by atoms with Crippen molar-refractivity contribution >= 4 is 58.1 Å². The van der Waals surface area contributed by atoms with E-state index in [1.165, 1.54) is 6.07 Å². The lowest BCUT2D eigenvalue weighted by Crippen LogP contribution is -2.54. The van der Waals surface area contributed by atoms with Gasteiger partial charge in [-0.3, -0.25) is 39.0 Å². The smallest absolute Gasteiger partial charge is 0.270 e. The van der Waals surface area contributed by atoms with Gasteiger partial charge in [-0.25, -0.2) is 19.9 Å². The zero-order valence-corrected chi connectivity index (χ0v) is 35.1. The molecule has 1 atom stereocenters. The molecule has 63 heavy (non-hydrogen) atoms. The Morgan fingerprint density at radius 3 is 2.48 bits per heavy atom. The Morgan fingerprint density at radius 2 is 1.68 bits per heavy atom. The second-order valence-corrected chi connectivity index (χ2v) is 16.3. The number of ether oxygens (including phenoxy) is 2. The van der Waals surface area contributed by atoms with E-state index in [0.29, 0.717) is 43.7 Å². The maximum absolute atomic E-state index is 13.3. The summed E-state index contributed by atoms with van der Waals surface area (Å²) in [6, 6.07) is 9.32. The maximum Gasteiger partial charge on any atom is 0.270 e. The highest BCUT2D eigenvalue weighted by atomic mass is 16.5. The van der Waals surface area contributed by atoms with E-state index in [9.17, 15) is 28.8 Å². The molecule has 1 unspecified atom stereocenters. The van der Waals surface area contributed by atoms with Crippen LogP contribution >= 0.6 is 0 Å². The van der Waals surface area contributed by atoms with Gasteiger partial charge in [-0.05, 0) is 82.3 Å². The van der Waals surface area contributed by atoms with Gasteiger partial charge in [-0.2, -0.15) is 0 Å². The van der Waals surface area contributed by atoms with Gasteiger partial charge < -0.3 is 40.2 Å². The molecule has 6 heterocycles. The monoisotopic (exact) mass is 864 g/mol. The lowest BCUT2D eigenvalue weighted by atomic mass is 9.86. The molecule has 3 aromatic heterocycles. The number of piperidine rings is 2. The molecule has 6 amide bonds. The third-order valence-corrected chi connectivity index (χ3v) is 12.0. The molecule has 2 saturated heterocycles. The Labute approximate surface area is 363 Å². The van der Waals surface area contributed by atoms with Gasteiger partial charge in [-0.1, -0.05) is 12.1 Å². The van der Waals surface area contributed by atoms with Crippen molar-refractivity contribution in [2.24, 2.45) is 5.92 Å². The minimum absolute atomic E-state index is 0.0286. The number of hydrogen-bond acceptors (Lipinski definition) is 15. The van der Waals surface area contributed by atoms with Crippen LogP contribution in [0.3, 0.4) is 0 Å². The largest absolute Gasteiger partial charge is 0.378 e. The number of amides is 6. The molecule has 4 aromatic rings. The molecule has 20 nitrogen and oxygen atoms in total. The van der Waals surface area contributed by atoms with Crippen LogP contribution in [0.15, 0.2) is 49.1 Å². The number of nitrogens with one attached hydrogen (secondary N) is 5. The third-order valence-electron chi connectivity index (χ3n) is 12.0. The van der Waals surface area contributed by atoms with Crippen molar-refractivity contribution in [1.29, 1.82) is 0 Å². The Kier molecular flexibility index (Phi) is 13.6. The van der Waals surface area contributed by atoms with Crippen LogP contribution < -0.4 is 26.6 Å². The summed E-state index contributed by atoms with van der Waals surface area (Å²) in [5.41, 5.74) is 3.31. The number of anilines is 2. The molecule has 20 heteroatoms. The first kappa shape index (κ1) is 43.3. The molecule has 0 bridgehead atoms. The molecule has 1 aliphatic carbocycles. The van der Waals surface area contributed by atoms with Crippen molar-refractivity contribution in [3.05, 3.63) is 71.6 Å². The molecule has 1 saturated carbocycles. The van der Waals surface area contributed by atoms with Gasteiger partial charge in [-0.15, -0.1) is 0 Å². The molecule has 0 radical (unpaired) electrons. The molecule has 3 fully saturated rings. The molecule has 5 N–H and O–H groups in total. The van der Waals surface area contributed by atoms with Crippen molar-refractivity contribution in [2.45, 2.75) is 63.6 Å². The molecular weight excluding hydrogens is 813 g/mol. The second kappa shape index (κ2) is 19.8. The summed E-state index contributed by atoms with van der Waals surface area (Å²) >= 11 is 0. The average molecular weight is 865 g/mol. The maximum atomic E-state index is 13.3. The van der Waals surface area contributed by atoms with Crippen LogP contribution in [0.5, 0.6) is 0 Å². The fourth-order valence-electron chi connectivity index (χ4n) is 8.44. The molecule has 3 aliphatic heterocycles. The van der Waals surface area contributed by atoms with Gasteiger partial charge in [0.25, 0.3) is 17.7 Å². The topological polar surface area (TPSA) is 244 Å². The Bertz CT molecular complexity index is 2360. The lowest BCUT2D eigenvalue weighted by molar-refractivity contribution is -0.136. The van der Waals surface area contributed by atoms with Gasteiger partial charge in [0.2, 0.25) is 17.7 Å². The average Bonchev–Trinajstić information content (AvgIpc) is 3.81. The fraction of sp³-hybridized carbons (Fsp3) is 0.488. The first-order chi connectivity index (χ1) is 30.6. The highest BCUT2D eigenvalue weighted by molar-refractivity contribution is 6.25. The molecular formula is C43H52N12O8. The van der Waals surface area contributed by atoms with Crippen LogP contribution in [0.1, 0.15) is 81.5 Å². The van der Waals surface area contributed by atoms with E-state index in [-0.39, 0.29) is 61.0 Å². The summed E-state index contributed by atoms with van der Waals surface area (Å²) < 4.78 is 13.5. The number of carbonyl (C=O) groups excluding carboxylic acids is 6. The number of aryl methyl sites for hydroxylation is 1. The predicted molar refractivity (Wildman–Crippen MR) is 228 cm³/mol. The first-order valence-corrected chi connectivity index (χ1v) is 21.5. The van der Waals surface area contributed by atoms with E-state index in [2.05, 4.69) is 56.0 Å². The summed E-state index contributed by atoms with van der Waals surface area (Å²) in [4.78, 5) is 96.7. The van der Waals surface area contributed by atoms with Crippen LogP contribution in [-0.2, 0) is 23.9 Å². The number of pyridine rings is 1. The van der Waals surface area contributed by atoms with Gasteiger partial charge in [0.15, 0.2) is 11.5 Å². The number of imidazole rings is 1. The van der Waals surface area contributed by atoms with Crippen molar-refractivity contribution in [2.75, 3.05) is 76.3 Å². The molecule has 1 aromatic carbocycles. The zero-order valence-electron chi connectivity index (χ0n) is 35.1. The molecule has 0 spiro atoms. The number of aromatic nitrogens is 5. The van der Waals surface area contributed by atoms with Crippen LogP contribution in [0.2, 0.25) is 0 Å². The Balaban J connectivity index is 0.659. The number of rotatable bonds is 19. The van der Waals surface area contributed by atoms with Crippen LogP contribution in [0, 0.1) is 12.8 Å². The predicted octanol–water partition coefficient (Wildman–Crippen LogP) is 1.45. The quantitative estimate of drug-likeness (QED) is 0.0662. The number of fused-ring (bicyclic) bond motifs is 2. The Morgan fingerprint density at radius 1 is 0.889 bits per heavy atom. The Hall–Kier alpha value is -6.38. The number of nitrogens with zero attached hydrogens (tertiary/aromatic N) is 7. The molecule has 332 valence electrons. The van der Waals surface area contributed by atoms with Gasteiger partial charge in [0, 0.05) is 49.5 Å². The summed E-state index contributed by atoms with van der Waals surface area (Å²) in [7, 11) is 0. The van der Waals surface area contributed by atoms with Crippen molar-refractivity contribution in [1.82, 2.24) is 50.3 Å². The van der Waals surface area contributed by atoms with Crippen molar-refractivity contribution in [3.8, 4) is 0 Å². The highest BCUT2D eigenvalue weighted by Crippen LogP contribution is 2.35. The van der Waals surface area contributed by atoms with Crippen LogP contribution in [0.25, 0.3) is 11.2 Å². The molecule has 4 aliphatic rings. The standard InChI is InChI=1S/C43H52N12O8/c1-26-4-2-7-32(50-26)40(58)51-28-20-29(21-28)54-25-49-37-38(47-24-48-39(37)54)46-22-27-10-13-53(14-11-27)15-17-63-19-18-62-16-12-44-35(57)23-45-31-6-3-5-30-36(31)43(61)55(42(30)60)33-8-9-34(56)52-41(33)59/h2-7,24-25,27-29,33,45H,8-23H2,1H3,(H,44,57)(H,51,58)(H,46,47,48)(H,52,56,59). The normalized spacial score (nSPS) is 20.3. The summed E-state index contributed by atoms with van der Waals surface area (Å²) in [6.07, 6.45) is 7.19. The van der Waals surface area contributed by atoms with Gasteiger partial charge in [0.1, 0.15) is 23.6 Å². The summed E-state index contributed by atoms with van der Waals surface area (Å²) in [5, 5.41) is 14.5. The SMILES string of the molecule is Cc1cccc(C(=O)NC2CC(n3cnc4c(NCC5CCN(CCOCCOCCNC(=O)CNc6cccc7c6C(=O)N(C6CCC(=O)NC6=O)C7=O)CC5)ncnc43)C2)n1. The lowest BCUT2D eigenvalue weighted by Gasteiger charge is -2.36. The number of imide groups is 2. The van der Waals surface area contributed by atoms with E-state index in [1.54, 1.807) is 24.5 Å². The summed E-state index contributed by atoms with van der Waals surface area (Å²) in [6.45, 7) is 7.31. The van der Waals surface area contributed by atoms with Gasteiger partial charge in [0.05, 0.1) is 50.4 Å².